The van der Waals surface area contributed by atoms with Crippen molar-refractivity contribution in [3.05, 3.63) is 77.0 Å². The third-order valence-corrected chi connectivity index (χ3v) is 5.69. The second-order valence-electron chi connectivity index (χ2n) is 8.02. The van der Waals surface area contributed by atoms with Crippen molar-refractivity contribution < 1.29 is 5.11 Å². The molecule has 2 aromatic carbocycles. The van der Waals surface area contributed by atoms with Gasteiger partial charge in [-0.3, -0.25) is 4.90 Å². The van der Waals surface area contributed by atoms with Crippen LogP contribution in [0.25, 0.3) is 0 Å². The van der Waals surface area contributed by atoms with Gasteiger partial charge in [0.1, 0.15) is 0 Å². The van der Waals surface area contributed by atoms with Crippen LogP contribution in [0.15, 0.2) is 65.3 Å². The van der Waals surface area contributed by atoms with Crippen LogP contribution >= 0.6 is 0 Å². The van der Waals surface area contributed by atoms with Crippen LogP contribution in [0.3, 0.4) is 0 Å². The number of nitrogens with zero attached hydrogens (tertiary/aromatic N) is 4. The van der Waals surface area contributed by atoms with Crippen LogP contribution in [0.5, 0.6) is 0 Å². The highest BCUT2D eigenvalue weighted by Crippen LogP contribution is 2.25. The molecule has 1 aliphatic heterocycles. The molecule has 1 fully saturated rings. The van der Waals surface area contributed by atoms with Gasteiger partial charge in [0.2, 0.25) is 0 Å². The molecule has 0 amide bonds. The number of aliphatic imine (C=N–C) groups is 1. The monoisotopic (exact) mass is 428 g/mol. The van der Waals surface area contributed by atoms with E-state index in [9.17, 15) is 5.11 Å². The number of piperidine rings is 1. The lowest BCUT2D eigenvalue weighted by molar-refractivity contribution is -0.0781. The summed E-state index contributed by atoms with van der Waals surface area (Å²) in [5.74, 6) is 0. The normalized spacial score (nSPS) is 19.5. The van der Waals surface area contributed by atoms with E-state index in [-0.39, 0.29) is 6.04 Å². The van der Waals surface area contributed by atoms with Crippen molar-refractivity contribution >= 4 is 11.4 Å². The largest absolute Gasteiger partial charge is 0.388 e. The third kappa shape index (κ3) is 5.40. The number of allylic oxidation sites excluding steroid dienone is 1. The Hall–Kier alpha value is -3.49. The molecule has 164 valence electrons. The SMILES string of the molecule is CNC(=CC(=Nc1ccc(C#N)cc1)c1ccc(C#N)cc1)C(C)(O)N1CCC[C@@H](N)C1. The molecule has 0 bridgehead atoms. The molecule has 7 heteroatoms. The number of nitrogens with one attached hydrogen (secondary N) is 1. The smallest absolute Gasteiger partial charge is 0.156 e. The Morgan fingerprint density at radius 3 is 2.28 bits per heavy atom. The molecule has 3 rings (SSSR count). The minimum atomic E-state index is -1.26. The van der Waals surface area contributed by atoms with E-state index in [1.54, 1.807) is 50.4 Å². The summed E-state index contributed by atoms with van der Waals surface area (Å²) in [5.41, 5.74) is 8.67. The number of likely N-dealkylation sites (tertiary alicyclic amines) is 1. The maximum atomic E-state index is 11.4. The zero-order valence-electron chi connectivity index (χ0n) is 18.4. The molecule has 1 aliphatic rings. The first-order valence-electron chi connectivity index (χ1n) is 10.6. The summed E-state index contributed by atoms with van der Waals surface area (Å²) in [6.45, 7) is 3.11. The Morgan fingerprint density at radius 2 is 1.75 bits per heavy atom. The van der Waals surface area contributed by atoms with Crippen molar-refractivity contribution in [2.24, 2.45) is 10.7 Å². The van der Waals surface area contributed by atoms with Crippen molar-refractivity contribution in [1.29, 1.82) is 10.5 Å². The standard InChI is InChI=1S/C25H28N6O/c1-25(32,31-13-3-4-21(28)17-31)24(29-2)14-23(20-9-5-18(15-26)6-10-20)30-22-11-7-19(16-27)8-12-22/h5-12,14,21,29,32H,3-4,13,17,28H2,1-2H3/t21-,25?/m1/s1. The molecule has 1 unspecified atom stereocenters. The quantitative estimate of drug-likeness (QED) is 0.608. The number of hydrogen-bond donors (Lipinski definition) is 3. The van der Waals surface area contributed by atoms with E-state index in [0.29, 0.717) is 34.8 Å². The molecular weight excluding hydrogens is 400 g/mol. The van der Waals surface area contributed by atoms with E-state index in [1.807, 2.05) is 23.1 Å². The van der Waals surface area contributed by atoms with Crippen LogP contribution < -0.4 is 11.1 Å². The molecule has 0 aliphatic carbocycles. The van der Waals surface area contributed by atoms with Gasteiger partial charge in [0.25, 0.3) is 0 Å². The highest BCUT2D eigenvalue weighted by molar-refractivity contribution is 6.10. The van der Waals surface area contributed by atoms with Gasteiger partial charge in [-0.15, -0.1) is 0 Å². The van der Waals surface area contributed by atoms with Gasteiger partial charge in [0.15, 0.2) is 5.72 Å². The summed E-state index contributed by atoms with van der Waals surface area (Å²) >= 11 is 0. The first-order chi connectivity index (χ1) is 15.4. The second kappa shape index (κ2) is 10.2. The van der Waals surface area contributed by atoms with Crippen LogP contribution in [0, 0.1) is 22.7 Å². The van der Waals surface area contributed by atoms with Gasteiger partial charge >= 0.3 is 0 Å². The number of nitrogens with two attached hydrogens (primary N) is 1. The summed E-state index contributed by atoms with van der Waals surface area (Å²) in [4.78, 5) is 6.75. The van der Waals surface area contributed by atoms with E-state index in [0.717, 1.165) is 24.9 Å². The fourth-order valence-electron chi connectivity index (χ4n) is 3.80. The highest BCUT2D eigenvalue weighted by Gasteiger charge is 2.35. The number of likely N-dealkylation sites (N-methyl/N-ethyl adjacent to an activating group) is 1. The summed E-state index contributed by atoms with van der Waals surface area (Å²) < 4.78 is 0. The zero-order valence-corrected chi connectivity index (χ0v) is 18.4. The van der Waals surface area contributed by atoms with Crippen LogP contribution in [-0.2, 0) is 0 Å². The second-order valence-corrected chi connectivity index (χ2v) is 8.02. The Morgan fingerprint density at radius 1 is 1.16 bits per heavy atom. The third-order valence-electron chi connectivity index (χ3n) is 5.69. The summed E-state index contributed by atoms with van der Waals surface area (Å²) in [6, 6.07) is 18.4. The molecule has 0 saturated carbocycles. The summed E-state index contributed by atoms with van der Waals surface area (Å²) in [7, 11) is 1.77. The molecule has 7 nitrogen and oxygen atoms in total. The van der Waals surface area contributed by atoms with E-state index >= 15 is 0 Å². The summed E-state index contributed by atoms with van der Waals surface area (Å²) in [6.07, 6.45) is 3.69. The highest BCUT2D eigenvalue weighted by atomic mass is 16.3. The minimum Gasteiger partial charge on any atom is -0.388 e. The first-order valence-corrected chi connectivity index (χ1v) is 10.6. The van der Waals surface area contributed by atoms with E-state index in [1.165, 1.54) is 0 Å². The molecule has 1 saturated heterocycles. The average molecular weight is 429 g/mol. The molecule has 2 aromatic rings. The molecule has 4 N–H and O–H groups in total. The first kappa shape index (κ1) is 23.2. The van der Waals surface area contributed by atoms with Crippen molar-refractivity contribution in [1.82, 2.24) is 10.2 Å². The predicted molar refractivity (Wildman–Crippen MR) is 125 cm³/mol. The van der Waals surface area contributed by atoms with Crippen LogP contribution in [0.4, 0.5) is 5.69 Å². The van der Waals surface area contributed by atoms with Gasteiger partial charge in [0.05, 0.1) is 40.4 Å². The number of aliphatic hydroxyl groups is 1. The van der Waals surface area contributed by atoms with Gasteiger partial charge in [0, 0.05) is 31.7 Å². The van der Waals surface area contributed by atoms with Gasteiger partial charge in [-0.2, -0.15) is 10.5 Å². The Balaban J connectivity index is 2.05. The maximum Gasteiger partial charge on any atom is 0.156 e. The lowest BCUT2D eigenvalue weighted by atomic mass is 9.99. The molecule has 0 spiro atoms. The molecule has 0 aromatic heterocycles. The molecule has 1 heterocycles. The van der Waals surface area contributed by atoms with Crippen LogP contribution in [0.2, 0.25) is 0 Å². The Bertz CT molecular complexity index is 1070. The molecule has 32 heavy (non-hydrogen) atoms. The van der Waals surface area contributed by atoms with Gasteiger partial charge < -0.3 is 16.2 Å². The minimum absolute atomic E-state index is 0.0265. The van der Waals surface area contributed by atoms with Crippen molar-refractivity contribution in [2.75, 3.05) is 20.1 Å². The lowest BCUT2D eigenvalue weighted by Gasteiger charge is -2.42. The Kier molecular flexibility index (Phi) is 7.40. The molecular formula is C25H28N6O. The number of hydrogen-bond acceptors (Lipinski definition) is 7. The van der Waals surface area contributed by atoms with Crippen molar-refractivity contribution in [2.45, 2.75) is 31.5 Å². The van der Waals surface area contributed by atoms with Crippen LogP contribution in [-0.4, -0.2) is 47.6 Å². The van der Waals surface area contributed by atoms with Crippen molar-refractivity contribution in [3.8, 4) is 12.1 Å². The van der Waals surface area contributed by atoms with Crippen LogP contribution in [0.1, 0.15) is 36.5 Å². The zero-order chi connectivity index (χ0) is 23.1. The predicted octanol–water partition coefficient (Wildman–Crippen LogP) is 2.79. The van der Waals surface area contributed by atoms with E-state index in [4.69, 9.17) is 21.2 Å². The average Bonchev–Trinajstić information content (AvgIpc) is 2.82. The van der Waals surface area contributed by atoms with Crippen molar-refractivity contribution in [3.63, 3.8) is 0 Å². The van der Waals surface area contributed by atoms with Gasteiger partial charge in [-0.05, 0) is 62.2 Å². The number of benzene rings is 2. The lowest BCUT2D eigenvalue weighted by Crippen LogP contribution is -2.56. The Labute approximate surface area is 189 Å². The van der Waals surface area contributed by atoms with Gasteiger partial charge in [-0.25, -0.2) is 4.99 Å². The van der Waals surface area contributed by atoms with E-state index in [2.05, 4.69) is 17.5 Å². The number of rotatable bonds is 6. The summed E-state index contributed by atoms with van der Waals surface area (Å²) in [5, 5.41) is 32.7. The number of nitriles is 2. The topological polar surface area (TPSA) is 121 Å². The fourth-order valence-corrected chi connectivity index (χ4v) is 3.80. The van der Waals surface area contributed by atoms with Gasteiger partial charge in [-0.1, -0.05) is 12.1 Å². The maximum absolute atomic E-state index is 11.4. The fraction of sp³-hybridized carbons (Fsp3) is 0.320. The molecule has 0 radical (unpaired) electrons. The molecule has 2 atom stereocenters. The van der Waals surface area contributed by atoms with E-state index < -0.39 is 5.72 Å².